The van der Waals surface area contributed by atoms with E-state index in [4.69, 9.17) is 20.8 Å². The first kappa shape index (κ1) is 20.4. The van der Waals surface area contributed by atoms with Crippen LogP contribution in [-0.4, -0.2) is 45.1 Å². The summed E-state index contributed by atoms with van der Waals surface area (Å²) in [7, 11) is 5.73. The van der Waals surface area contributed by atoms with Gasteiger partial charge in [0, 0.05) is 18.0 Å². The van der Waals surface area contributed by atoms with Crippen LogP contribution in [0.5, 0.6) is 5.75 Å². The molecule has 1 aliphatic rings. The Hall–Kier alpha value is -2.83. The molecular formula is C23H24ClN2O4+. The van der Waals surface area contributed by atoms with E-state index in [2.05, 4.69) is 14.1 Å². The molecule has 0 spiro atoms. The van der Waals surface area contributed by atoms with Gasteiger partial charge in [0.2, 0.25) is 5.76 Å². The van der Waals surface area contributed by atoms with Crippen molar-refractivity contribution in [2.75, 3.05) is 34.3 Å². The van der Waals surface area contributed by atoms with Crippen LogP contribution >= 0.6 is 11.6 Å². The average molecular weight is 428 g/mol. The molecule has 0 fully saturated rings. The fourth-order valence-corrected chi connectivity index (χ4v) is 4.16. The SMILES string of the molecule is COc1cccc(C2c3c(oc4ccc(Cl)cc4c3=O)C(=O)N2CCC[NH+](C)C)c1. The fraction of sp³-hybridized carbons (Fsp3) is 0.304. The second kappa shape index (κ2) is 8.13. The van der Waals surface area contributed by atoms with Crippen LogP contribution in [0.1, 0.15) is 34.1 Å². The second-order valence-electron chi connectivity index (χ2n) is 7.80. The number of rotatable bonds is 6. The number of halogens is 1. The Morgan fingerprint density at radius 2 is 1.97 bits per heavy atom. The number of ether oxygens (including phenoxy) is 1. The Morgan fingerprint density at radius 1 is 1.17 bits per heavy atom. The number of hydrogen-bond acceptors (Lipinski definition) is 4. The Bertz CT molecular complexity index is 1170. The summed E-state index contributed by atoms with van der Waals surface area (Å²) in [5.41, 5.74) is 1.31. The maximum Gasteiger partial charge on any atom is 0.290 e. The molecule has 1 amide bonds. The molecular weight excluding hydrogens is 404 g/mol. The third kappa shape index (κ3) is 3.57. The Kier molecular flexibility index (Phi) is 5.54. The molecule has 0 saturated heterocycles. The summed E-state index contributed by atoms with van der Waals surface area (Å²) >= 11 is 6.11. The van der Waals surface area contributed by atoms with Gasteiger partial charge in [-0.15, -0.1) is 0 Å². The number of methoxy groups -OCH3 is 1. The molecule has 0 bridgehead atoms. The predicted molar refractivity (Wildman–Crippen MR) is 116 cm³/mol. The van der Waals surface area contributed by atoms with Gasteiger partial charge in [0.15, 0.2) is 5.43 Å². The Morgan fingerprint density at radius 3 is 2.70 bits per heavy atom. The lowest BCUT2D eigenvalue weighted by Crippen LogP contribution is -3.05. The minimum Gasteiger partial charge on any atom is -0.497 e. The van der Waals surface area contributed by atoms with Crippen LogP contribution in [0, 0.1) is 0 Å². The van der Waals surface area contributed by atoms with Crippen LogP contribution in [0.4, 0.5) is 0 Å². The number of benzene rings is 2. The lowest BCUT2D eigenvalue weighted by molar-refractivity contribution is -0.858. The average Bonchev–Trinajstić information content (AvgIpc) is 3.01. The highest BCUT2D eigenvalue weighted by Gasteiger charge is 2.42. The molecule has 0 aliphatic carbocycles. The third-order valence-electron chi connectivity index (χ3n) is 5.41. The summed E-state index contributed by atoms with van der Waals surface area (Å²) < 4.78 is 11.3. The van der Waals surface area contributed by atoms with Crippen molar-refractivity contribution in [3.63, 3.8) is 0 Å². The van der Waals surface area contributed by atoms with Gasteiger partial charge in [0.25, 0.3) is 5.91 Å². The summed E-state index contributed by atoms with van der Waals surface area (Å²) in [6.45, 7) is 1.43. The lowest BCUT2D eigenvalue weighted by atomic mass is 9.98. The molecule has 4 rings (SSSR count). The molecule has 1 aliphatic heterocycles. The highest BCUT2D eigenvalue weighted by atomic mass is 35.5. The molecule has 1 atom stereocenters. The van der Waals surface area contributed by atoms with E-state index in [0.29, 0.717) is 33.8 Å². The van der Waals surface area contributed by atoms with Crippen molar-refractivity contribution in [3.05, 3.63) is 74.6 Å². The number of carbonyl (C=O) groups is 1. The van der Waals surface area contributed by atoms with E-state index < -0.39 is 6.04 Å². The molecule has 7 heteroatoms. The smallest absolute Gasteiger partial charge is 0.290 e. The minimum atomic E-state index is -0.528. The maximum absolute atomic E-state index is 13.5. The van der Waals surface area contributed by atoms with Crippen molar-refractivity contribution in [3.8, 4) is 5.75 Å². The van der Waals surface area contributed by atoms with Gasteiger partial charge in [-0.2, -0.15) is 0 Å². The number of quaternary nitrogens is 1. The zero-order valence-electron chi connectivity index (χ0n) is 17.2. The summed E-state index contributed by atoms with van der Waals surface area (Å²) in [5, 5.41) is 0.823. The first-order valence-electron chi connectivity index (χ1n) is 9.91. The van der Waals surface area contributed by atoms with Crippen LogP contribution < -0.4 is 15.1 Å². The summed E-state index contributed by atoms with van der Waals surface area (Å²) in [6, 6.07) is 11.8. The number of amides is 1. The van der Waals surface area contributed by atoms with Gasteiger partial charge < -0.3 is 19.0 Å². The number of carbonyl (C=O) groups excluding carboxylic acids is 1. The van der Waals surface area contributed by atoms with E-state index >= 15 is 0 Å². The van der Waals surface area contributed by atoms with E-state index in [1.807, 2.05) is 24.3 Å². The second-order valence-corrected chi connectivity index (χ2v) is 8.24. The lowest BCUT2D eigenvalue weighted by Gasteiger charge is -2.25. The number of nitrogens with one attached hydrogen (secondary N) is 1. The highest BCUT2D eigenvalue weighted by Crippen LogP contribution is 2.39. The predicted octanol–water partition coefficient (Wildman–Crippen LogP) is 2.53. The summed E-state index contributed by atoms with van der Waals surface area (Å²) in [5.74, 6) is 0.514. The zero-order chi connectivity index (χ0) is 21.4. The zero-order valence-corrected chi connectivity index (χ0v) is 18.0. The van der Waals surface area contributed by atoms with Crippen molar-refractivity contribution in [1.82, 2.24) is 4.90 Å². The molecule has 6 nitrogen and oxygen atoms in total. The summed E-state index contributed by atoms with van der Waals surface area (Å²) in [6.07, 6.45) is 0.808. The van der Waals surface area contributed by atoms with E-state index in [1.165, 1.54) is 4.90 Å². The van der Waals surface area contributed by atoms with Crippen LogP contribution in [0.2, 0.25) is 5.02 Å². The van der Waals surface area contributed by atoms with Gasteiger partial charge in [0.05, 0.1) is 44.7 Å². The molecule has 0 radical (unpaired) electrons. The number of fused-ring (bicyclic) bond motifs is 2. The van der Waals surface area contributed by atoms with E-state index in [9.17, 15) is 9.59 Å². The maximum atomic E-state index is 13.5. The van der Waals surface area contributed by atoms with Gasteiger partial charge in [-0.3, -0.25) is 9.59 Å². The molecule has 0 saturated carbocycles. The molecule has 2 heterocycles. The van der Waals surface area contributed by atoms with Crippen molar-refractivity contribution >= 4 is 28.5 Å². The van der Waals surface area contributed by atoms with Crippen LogP contribution in [0.3, 0.4) is 0 Å². The molecule has 1 unspecified atom stereocenters. The van der Waals surface area contributed by atoms with Gasteiger partial charge in [-0.05, 0) is 35.9 Å². The van der Waals surface area contributed by atoms with E-state index in [1.54, 1.807) is 30.2 Å². The van der Waals surface area contributed by atoms with Gasteiger partial charge in [-0.1, -0.05) is 23.7 Å². The normalized spacial score (nSPS) is 15.8. The fourth-order valence-electron chi connectivity index (χ4n) is 3.98. The monoisotopic (exact) mass is 427 g/mol. The molecule has 2 aromatic carbocycles. The molecule has 3 aromatic rings. The van der Waals surface area contributed by atoms with E-state index in [-0.39, 0.29) is 17.1 Å². The first-order chi connectivity index (χ1) is 14.4. The molecule has 1 N–H and O–H groups in total. The van der Waals surface area contributed by atoms with Crippen molar-refractivity contribution in [1.29, 1.82) is 0 Å². The largest absolute Gasteiger partial charge is 0.497 e. The van der Waals surface area contributed by atoms with Gasteiger partial charge in [0.1, 0.15) is 11.3 Å². The van der Waals surface area contributed by atoms with Crippen molar-refractivity contribution in [2.45, 2.75) is 12.5 Å². The summed E-state index contributed by atoms with van der Waals surface area (Å²) in [4.78, 5) is 29.8. The van der Waals surface area contributed by atoms with Crippen LogP contribution in [0.25, 0.3) is 11.0 Å². The van der Waals surface area contributed by atoms with E-state index in [0.717, 1.165) is 18.5 Å². The topological polar surface area (TPSA) is 64.2 Å². The quantitative estimate of drug-likeness (QED) is 0.656. The molecule has 156 valence electrons. The molecule has 1 aromatic heterocycles. The van der Waals surface area contributed by atoms with Crippen molar-refractivity contribution in [2.24, 2.45) is 0 Å². The standard InChI is InChI=1S/C23H23ClN2O4/c1-25(2)10-5-11-26-20(14-6-4-7-16(12-14)29-3)19-21(27)17-13-15(24)8-9-18(17)30-22(19)23(26)28/h4,6-9,12-13,20H,5,10-11H2,1-3H3/p+1. The third-order valence-corrected chi connectivity index (χ3v) is 5.65. The van der Waals surface area contributed by atoms with Crippen LogP contribution in [-0.2, 0) is 0 Å². The highest BCUT2D eigenvalue weighted by molar-refractivity contribution is 6.31. The first-order valence-corrected chi connectivity index (χ1v) is 10.3. The number of nitrogens with zero attached hydrogens (tertiary/aromatic N) is 1. The van der Waals surface area contributed by atoms with Gasteiger partial charge >= 0.3 is 0 Å². The van der Waals surface area contributed by atoms with Crippen LogP contribution in [0.15, 0.2) is 51.7 Å². The minimum absolute atomic E-state index is 0.111. The molecule has 30 heavy (non-hydrogen) atoms. The Balaban J connectivity index is 1.89. The van der Waals surface area contributed by atoms with Gasteiger partial charge in [-0.25, -0.2) is 0 Å². The van der Waals surface area contributed by atoms with Crippen molar-refractivity contribution < 1.29 is 18.8 Å². The Labute approximate surface area is 179 Å². The number of hydrogen-bond donors (Lipinski definition) is 1.